The van der Waals surface area contributed by atoms with Crippen LogP contribution in [0.4, 0.5) is 4.79 Å². The zero-order valence-electron chi connectivity index (χ0n) is 24.1. The zero-order chi connectivity index (χ0) is 33.0. The summed E-state index contributed by atoms with van der Waals surface area (Å²) >= 11 is 0. The summed E-state index contributed by atoms with van der Waals surface area (Å²) in [5.41, 5.74) is 6.31. The first-order valence-corrected chi connectivity index (χ1v) is 12.9. The molecule has 20 nitrogen and oxygen atoms in total. The summed E-state index contributed by atoms with van der Waals surface area (Å²) in [7, 11) is 0. The first-order chi connectivity index (χ1) is 20.0. The molecule has 244 valence electrons. The fourth-order valence-corrected chi connectivity index (χ4v) is 2.75. The highest BCUT2D eigenvalue weighted by atomic mass is 16.7. The number of aliphatic hydroxyl groups is 1. The fraction of sp³-hybridized carbons (Fsp3) is 0.652. The Morgan fingerprint density at radius 1 is 0.767 bits per heavy atom. The highest BCUT2D eigenvalue weighted by Crippen LogP contribution is 2.06. The summed E-state index contributed by atoms with van der Waals surface area (Å²) in [6, 6.07) is -2.78. The SMILES string of the molecule is CC(C)(C)OC(=O)NOCCNC(=O)CNC(=O)CNC(=O)CNC(=O)CNC(=O)[C@H](CO)N[C@@H](CCC(N)=O)C(=O)O. The van der Waals surface area contributed by atoms with E-state index in [9.17, 15) is 48.6 Å². The van der Waals surface area contributed by atoms with Crippen molar-refractivity contribution in [2.75, 3.05) is 45.9 Å². The predicted octanol–water partition coefficient (Wildman–Crippen LogP) is -5.31. The van der Waals surface area contributed by atoms with Gasteiger partial charge in [-0.3, -0.25) is 43.7 Å². The number of primary amides is 1. The van der Waals surface area contributed by atoms with Gasteiger partial charge in [0.2, 0.25) is 35.4 Å². The van der Waals surface area contributed by atoms with Crippen molar-refractivity contribution in [1.29, 1.82) is 0 Å². The molecule has 0 fully saturated rings. The van der Waals surface area contributed by atoms with E-state index >= 15 is 0 Å². The van der Waals surface area contributed by atoms with E-state index in [-0.39, 0.29) is 26.0 Å². The Morgan fingerprint density at radius 3 is 1.70 bits per heavy atom. The van der Waals surface area contributed by atoms with Gasteiger partial charge < -0.3 is 47.3 Å². The minimum atomic E-state index is -1.42. The van der Waals surface area contributed by atoms with Crippen LogP contribution in [0, 0.1) is 0 Å². The van der Waals surface area contributed by atoms with Crippen LogP contribution in [0.1, 0.15) is 33.6 Å². The van der Waals surface area contributed by atoms with E-state index in [1.165, 1.54) is 0 Å². The summed E-state index contributed by atoms with van der Waals surface area (Å²) in [5.74, 6) is -5.90. The molecule has 0 rings (SSSR count). The Hall–Kier alpha value is -4.56. The number of hydroxylamine groups is 1. The van der Waals surface area contributed by atoms with Crippen LogP contribution in [0.3, 0.4) is 0 Å². The average molecular weight is 621 g/mol. The van der Waals surface area contributed by atoms with Crippen LogP contribution in [0.5, 0.6) is 0 Å². The molecule has 0 radical (unpaired) electrons. The van der Waals surface area contributed by atoms with Gasteiger partial charge in [0.05, 0.1) is 39.4 Å². The van der Waals surface area contributed by atoms with Crippen molar-refractivity contribution in [2.24, 2.45) is 5.73 Å². The van der Waals surface area contributed by atoms with Gasteiger partial charge in [-0.05, 0) is 27.2 Å². The Balaban J connectivity index is 4.17. The van der Waals surface area contributed by atoms with Crippen LogP contribution in [-0.2, 0) is 43.1 Å². The van der Waals surface area contributed by atoms with Crippen molar-refractivity contribution in [1.82, 2.24) is 37.4 Å². The van der Waals surface area contributed by atoms with Crippen LogP contribution in [0.25, 0.3) is 0 Å². The van der Waals surface area contributed by atoms with E-state index in [1.807, 2.05) is 5.48 Å². The van der Waals surface area contributed by atoms with E-state index in [0.29, 0.717) is 0 Å². The van der Waals surface area contributed by atoms with Crippen molar-refractivity contribution in [2.45, 2.75) is 51.3 Å². The number of nitrogens with two attached hydrogens (primary N) is 1. The molecule has 0 bridgehead atoms. The minimum absolute atomic E-state index is 0.0123. The predicted molar refractivity (Wildman–Crippen MR) is 144 cm³/mol. The molecule has 43 heavy (non-hydrogen) atoms. The molecule has 0 aromatic rings. The molecule has 0 aromatic carbocycles. The van der Waals surface area contributed by atoms with Gasteiger partial charge in [-0.1, -0.05) is 0 Å². The number of carboxylic acids is 1. The summed E-state index contributed by atoms with van der Waals surface area (Å²) in [5, 5.41) is 32.1. The first kappa shape index (κ1) is 38.4. The minimum Gasteiger partial charge on any atom is -0.480 e. The van der Waals surface area contributed by atoms with Crippen LogP contribution < -0.4 is 43.1 Å². The third-order valence-electron chi connectivity index (χ3n) is 4.72. The number of carbonyl (C=O) groups is 8. The normalized spacial score (nSPS) is 12.1. The van der Waals surface area contributed by atoms with Crippen LogP contribution in [0.2, 0.25) is 0 Å². The van der Waals surface area contributed by atoms with E-state index in [1.54, 1.807) is 20.8 Å². The summed E-state index contributed by atoms with van der Waals surface area (Å²) in [6.45, 7) is 2.03. The summed E-state index contributed by atoms with van der Waals surface area (Å²) < 4.78 is 4.95. The second kappa shape index (κ2) is 20.3. The Kier molecular flexibility index (Phi) is 18.2. The van der Waals surface area contributed by atoms with Crippen molar-refractivity contribution in [3.05, 3.63) is 0 Å². The molecular formula is C23H40N8O12. The highest BCUT2D eigenvalue weighted by Gasteiger charge is 2.26. The van der Waals surface area contributed by atoms with Crippen molar-refractivity contribution >= 4 is 47.5 Å². The van der Waals surface area contributed by atoms with Crippen molar-refractivity contribution < 1.29 is 58.1 Å². The highest BCUT2D eigenvalue weighted by molar-refractivity contribution is 5.91. The standard InChI is InChI=1S/C23H40N8O12/c1-23(2,3)43-22(41)31-42-7-6-25-16(34)8-26-17(35)9-27-18(36)10-28-19(37)11-29-20(38)14(12-32)30-13(21(39)40)4-5-15(24)33/h13-14,30,32H,4-12H2,1-3H3,(H2,24,33)(H,25,34)(H,26,35)(H,27,36)(H,28,37)(H,29,38)(H,31,41)(H,39,40)/t13-,14-/m0/s1. The molecule has 11 N–H and O–H groups in total. The molecular weight excluding hydrogens is 580 g/mol. The number of nitrogens with one attached hydrogen (secondary N) is 7. The molecule has 0 aliphatic rings. The van der Waals surface area contributed by atoms with Crippen molar-refractivity contribution in [3.8, 4) is 0 Å². The topological polar surface area (TPSA) is 306 Å². The molecule has 0 unspecified atom stereocenters. The lowest BCUT2D eigenvalue weighted by molar-refractivity contribution is -0.140. The molecule has 0 spiro atoms. The van der Waals surface area contributed by atoms with Gasteiger partial charge in [0, 0.05) is 13.0 Å². The third kappa shape index (κ3) is 20.9. The maximum Gasteiger partial charge on any atom is 0.431 e. The molecule has 0 aromatic heterocycles. The lowest BCUT2D eigenvalue weighted by atomic mass is 10.1. The van der Waals surface area contributed by atoms with Gasteiger partial charge in [-0.2, -0.15) is 5.48 Å². The van der Waals surface area contributed by atoms with Gasteiger partial charge in [0.25, 0.3) is 0 Å². The van der Waals surface area contributed by atoms with Crippen molar-refractivity contribution in [3.63, 3.8) is 0 Å². The maximum absolute atomic E-state index is 12.2. The number of aliphatic carboxylic acids is 1. The Morgan fingerprint density at radius 2 is 1.26 bits per heavy atom. The largest absolute Gasteiger partial charge is 0.480 e. The van der Waals surface area contributed by atoms with Gasteiger partial charge in [-0.15, -0.1) is 0 Å². The second-order valence-corrected chi connectivity index (χ2v) is 9.65. The van der Waals surface area contributed by atoms with E-state index < -0.39 is 98.0 Å². The lowest BCUT2D eigenvalue weighted by Gasteiger charge is -2.21. The Bertz CT molecular complexity index is 1000. The zero-order valence-corrected chi connectivity index (χ0v) is 24.1. The number of amides is 7. The molecule has 7 amide bonds. The Labute approximate surface area is 246 Å². The first-order valence-electron chi connectivity index (χ1n) is 12.9. The lowest BCUT2D eigenvalue weighted by Crippen LogP contribution is -2.54. The molecule has 0 heterocycles. The molecule has 2 atom stereocenters. The van der Waals surface area contributed by atoms with Crippen LogP contribution in [0.15, 0.2) is 0 Å². The number of rotatable bonds is 20. The number of carboxylic acid groups (broad SMARTS) is 1. The smallest absolute Gasteiger partial charge is 0.431 e. The van der Waals surface area contributed by atoms with E-state index in [4.69, 9.17) is 15.3 Å². The molecule has 0 saturated heterocycles. The van der Waals surface area contributed by atoms with Gasteiger partial charge in [0.15, 0.2) is 0 Å². The van der Waals surface area contributed by atoms with Crippen LogP contribution >= 0.6 is 0 Å². The molecule has 20 heteroatoms. The maximum atomic E-state index is 12.2. The van der Waals surface area contributed by atoms with Gasteiger partial charge in [-0.25, -0.2) is 4.79 Å². The number of aliphatic hydroxyl groups excluding tert-OH is 1. The number of hydrogen-bond donors (Lipinski definition) is 10. The van der Waals surface area contributed by atoms with Gasteiger partial charge in [0.1, 0.15) is 17.7 Å². The summed E-state index contributed by atoms with van der Waals surface area (Å²) in [4.78, 5) is 97.8. The summed E-state index contributed by atoms with van der Waals surface area (Å²) in [6.07, 6.45) is -1.31. The third-order valence-corrected chi connectivity index (χ3v) is 4.72. The number of carbonyl (C=O) groups excluding carboxylic acids is 7. The fourth-order valence-electron chi connectivity index (χ4n) is 2.75. The van der Waals surface area contributed by atoms with E-state index in [0.717, 1.165) is 0 Å². The number of ether oxygens (including phenoxy) is 1. The van der Waals surface area contributed by atoms with E-state index in [2.05, 4.69) is 31.9 Å². The quantitative estimate of drug-likeness (QED) is 0.0450. The second-order valence-electron chi connectivity index (χ2n) is 9.65. The average Bonchev–Trinajstić information content (AvgIpc) is 2.91. The van der Waals surface area contributed by atoms with Gasteiger partial charge >= 0.3 is 12.1 Å². The molecule has 0 saturated carbocycles. The number of hydrogen-bond acceptors (Lipinski definition) is 12. The van der Waals surface area contributed by atoms with Crippen LogP contribution in [-0.4, -0.2) is 121 Å². The molecule has 0 aliphatic heterocycles. The molecule has 0 aliphatic carbocycles. The monoisotopic (exact) mass is 620 g/mol.